The van der Waals surface area contributed by atoms with Crippen molar-refractivity contribution in [2.24, 2.45) is 11.8 Å². The molecule has 1 aliphatic heterocycles. The monoisotopic (exact) mass is 305 g/mol. The van der Waals surface area contributed by atoms with Crippen molar-refractivity contribution in [1.82, 2.24) is 9.80 Å². The lowest BCUT2D eigenvalue weighted by molar-refractivity contribution is -0.134. The summed E-state index contributed by atoms with van der Waals surface area (Å²) < 4.78 is 12.8. The number of carbonyl (C=O) groups is 2. The van der Waals surface area contributed by atoms with Gasteiger partial charge in [-0.2, -0.15) is 0 Å². The molecule has 3 amide bonds. The quantitative estimate of drug-likeness (QED) is 0.910. The third-order valence-corrected chi connectivity index (χ3v) is 4.40. The molecule has 1 aliphatic carbocycles. The minimum Gasteiger partial charge on any atom is -0.339 e. The zero-order valence-corrected chi connectivity index (χ0v) is 12.6. The number of amides is 3. The van der Waals surface area contributed by atoms with Crippen LogP contribution in [0.1, 0.15) is 13.3 Å². The maximum absolute atomic E-state index is 12.8. The molecule has 0 bridgehead atoms. The number of hydrogen-bond donors (Lipinski definition) is 1. The molecule has 1 saturated heterocycles. The number of urea groups is 1. The number of anilines is 1. The number of piperazine rings is 1. The summed E-state index contributed by atoms with van der Waals surface area (Å²) in [5.74, 6) is 0.595. The number of hydrogen-bond acceptors (Lipinski definition) is 2. The van der Waals surface area contributed by atoms with E-state index in [1.54, 1.807) is 4.90 Å². The van der Waals surface area contributed by atoms with Crippen LogP contribution in [0.15, 0.2) is 24.3 Å². The van der Waals surface area contributed by atoms with Crippen molar-refractivity contribution >= 4 is 17.6 Å². The molecule has 5 nitrogen and oxygen atoms in total. The lowest BCUT2D eigenvalue weighted by Crippen LogP contribution is -2.52. The fraction of sp³-hybridized carbons (Fsp3) is 0.500. The van der Waals surface area contributed by atoms with Crippen molar-refractivity contribution in [3.8, 4) is 0 Å². The van der Waals surface area contributed by atoms with E-state index < -0.39 is 0 Å². The summed E-state index contributed by atoms with van der Waals surface area (Å²) in [7, 11) is 0. The molecule has 1 aromatic carbocycles. The molecule has 1 saturated carbocycles. The van der Waals surface area contributed by atoms with E-state index in [-0.39, 0.29) is 23.7 Å². The largest absolute Gasteiger partial charge is 0.339 e. The predicted molar refractivity (Wildman–Crippen MR) is 80.8 cm³/mol. The Morgan fingerprint density at radius 2 is 1.64 bits per heavy atom. The molecular weight excluding hydrogens is 285 g/mol. The molecule has 0 unspecified atom stereocenters. The lowest BCUT2D eigenvalue weighted by Gasteiger charge is -2.35. The summed E-state index contributed by atoms with van der Waals surface area (Å²) in [4.78, 5) is 27.8. The van der Waals surface area contributed by atoms with Gasteiger partial charge in [0, 0.05) is 37.8 Å². The van der Waals surface area contributed by atoms with Gasteiger partial charge in [-0.25, -0.2) is 9.18 Å². The SMILES string of the molecule is C[C@H]1C[C@H]1C(=O)N1CCN(C(=O)Nc2ccc(F)cc2)CC1. The number of nitrogens with one attached hydrogen (secondary N) is 1. The molecule has 6 heteroatoms. The van der Waals surface area contributed by atoms with Crippen LogP contribution in [-0.4, -0.2) is 47.9 Å². The molecule has 1 heterocycles. The van der Waals surface area contributed by atoms with Gasteiger partial charge in [-0.3, -0.25) is 4.79 Å². The van der Waals surface area contributed by atoms with Crippen LogP contribution < -0.4 is 5.32 Å². The second kappa shape index (κ2) is 5.94. The maximum atomic E-state index is 12.8. The van der Waals surface area contributed by atoms with E-state index in [9.17, 15) is 14.0 Å². The first-order valence-electron chi connectivity index (χ1n) is 7.65. The van der Waals surface area contributed by atoms with Crippen LogP contribution in [0.2, 0.25) is 0 Å². The second-order valence-corrected chi connectivity index (χ2v) is 6.07. The maximum Gasteiger partial charge on any atom is 0.321 e. The molecule has 1 N–H and O–H groups in total. The number of halogens is 1. The average molecular weight is 305 g/mol. The van der Waals surface area contributed by atoms with Gasteiger partial charge in [-0.05, 0) is 36.6 Å². The Balaban J connectivity index is 1.49. The van der Waals surface area contributed by atoms with Gasteiger partial charge in [-0.1, -0.05) is 6.92 Å². The van der Waals surface area contributed by atoms with E-state index in [1.807, 2.05) is 4.90 Å². The number of nitrogens with zero attached hydrogens (tertiary/aromatic N) is 2. The van der Waals surface area contributed by atoms with Gasteiger partial charge < -0.3 is 15.1 Å². The van der Waals surface area contributed by atoms with Crippen molar-refractivity contribution in [3.05, 3.63) is 30.1 Å². The molecule has 3 rings (SSSR count). The van der Waals surface area contributed by atoms with Crippen LogP contribution in [0.3, 0.4) is 0 Å². The highest BCUT2D eigenvalue weighted by Gasteiger charge is 2.42. The van der Waals surface area contributed by atoms with Crippen molar-refractivity contribution in [1.29, 1.82) is 0 Å². The summed E-state index contributed by atoms with van der Waals surface area (Å²) in [5, 5.41) is 2.74. The van der Waals surface area contributed by atoms with Gasteiger partial charge in [0.05, 0.1) is 0 Å². The topological polar surface area (TPSA) is 52.7 Å². The first kappa shape index (κ1) is 14.8. The zero-order chi connectivity index (χ0) is 15.7. The van der Waals surface area contributed by atoms with E-state index >= 15 is 0 Å². The van der Waals surface area contributed by atoms with Gasteiger partial charge in [0.15, 0.2) is 0 Å². The van der Waals surface area contributed by atoms with Crippen LogP contribution in [0.4, 0.5) is 14.9 Å². The van der Waals surface area contributed by atoms with Gasteiger partial charge >= 0.3 is 6.03 Å². The van der Waals surface area contributed by atoms with E-state index in [0.29, 0.717) is 37.8 Å². The highest BCUT2D eigenvalue weighted by Crippen LogP contribution is 2.39. The summed E-state index contributed by atoms with van der Waals surface area (Å²) >= 11 is 0. The predicted octanol–water partition coefficient (Wildman–Crippen LogP) is 2.16. The van der Waals surface area contributed by atoms with E-state index in [4.69, 9.17) is 0 Å². The fourth-order valence-corrected chi connectivity index (χ4v) is 2.77. The van der Waals surface area contributed by atoms with Gasteiger partial charge in [0.25, 0.3) is 0 Å². The number of rotatable bonds is 2. The molecule has 22 heavy (non-hydrogen) atoms. The molecule has 0 radical (unpaired) electrons. The Bertz CT molecular complexity index is 567. The van der Waals surface area contributed by atoms with E-state index in [0.717, 1.165) is 6.42 Å². The van der Waals surface area contributed by atoms with E-state index in [2.05, 4.69) is 12.2 Å². The summed E-state index contributed by atoms with van der Waals surface area (Å²) in [6.45, 7) is 4.31. The standard InChI is InChI=1S/C16H20FN3O2/c1-11-10-14(11)15(21)19-6-8-20(9-7-19)16(22)18-13-4-2-12(17)3-5-13/h2-5,11,14H,6-10H2,1H3,(H,18,22)/t11-,14+/m0/s1. The van der Waals surface area contributed by atoms with Crippen LogP contribution in [0.5, 0.6) is 0 Å². The van der Waals surface area contributed by atoms with Crippen LogP contribution in [-0.2, 0) is 4.79 Å². The summed E-state index contributed by atoms with van der Waals surface area (Å²) in [6, 6.07) is 5.47. The molecule has 0 aromatic heterocycles. The third-order valence-electron chi connectivity index (χ3n) is 4.40. The number of benzene rings is 1. The van der Waals surface area contributed by atoms with E-state index in [1.165, 1.54) is 24.3 Å². The Morgan fingerprint density at radius 1 is 1.09 bits per heavy atom. The Labute approximate surface area is 129 Å². The van der Waals surface area contributed by atoms with Crippen LogP contribution >= 0.6 is 0 Å². The highest BCUT2D eigenvalue weighted by molar-refractivity contribution is 5.89. The Morgan fingerprint density at radius 3 is 2.18 bits per heavy atom. The second-order valence-electron chi connectivity index (χ2n) is 6.07. The van der Waals surface area contributed by atoms with Crippen molar-refractivity contribution in [2.45, 2.75) is 13.3 Å². The van der Waals surface area contributed by atoms with Crippen molar-refractivity contribution < 1.29 is 14.0 Å². The van der Waals surface area contributed by atoms with Crippen LogP contribution in [0.25, 0.3) is 0 Å². The van der Waals surface area contributed by atoms with Crippen molar-refractivity contribution in [2.75, 3.05) is 31.5 Å². The van der Waals surface area contributed by atoms with Gasteiger partial charge in [0.2, 0.25) is 5.91 Å². The Hall–Kier alpha value is -2.11. The molecule has 118 valence electrons. The summed E-state index contributed by atoms with van der Waals surface area (Å²) in [6.07, 6.45) is 0.990. The van der Waals surface area contributed by atoms with Gasteiger partial charge in [0.1, 0.15) is 5.82 Å². The minimum atomic E-state index is -0.334. The Kier molecular flexibility index (Phi) is 4.00. The molecule has 0 spiro atoms. The first-order chi connectivity index (χ1) is 10.5. The molecule has 2 atom stereocenters. The zero-order valence-electron chi connectivity index (χ0n) is 12.6. The molecular formula is C16H20FN3O2. The number of carbonyl (C=O) groups excluding carboxylic acids is 2. The fourth-order valence-electron chi connectivity index (χ4n) is 2.77. The third kappa shape index (κ3) is 3.21. The van der Waals surface area contributed by atoms with Crippen LogP contribution in [0, 0.1) is 17.7 Å². The molecule has 2 fully saturated rings. The molecule has 2 aliphatic rings. The smallest absolute Gasteiger partial charge is 0.321 e. The normalized spacial score (nSPS) is 24.1. The van der Waals surface area contributed by atoms with Crippen molar-refractivity contribution in [3.63, 3.8) is 0 Å². The molecule has 1 aromatic rings. The summed E-state index contributed by atoms with van der Waals surface area (Å²) in [5.41, 5.74) is 0.566. The average Bonchev–Trinajstić information content (AvgIpc) is 3.26. The highest BCUT2D eigenvalue weighted by atomic mass is 19.1. The lowest BCUT2D eigenvalue weighted by atomic mass is 10.2. The first-order valence-corrected chi connectivity index (χ1v) is 7.65. The van der Waals surface area contributed by atoms with Gasteiger partial charge in [-0.15, -0.1) is 0 Å². The minimum absolute atomic E-state index is 0.194.